The molecule has 2 aliphatic rings. The van der Waals surface area contributed by atoms with Crippen molar-refractivity contribution >= 4 is 33.7 Å². The van der Waals surface area contributed by atoms with Gasteiger partial charge in [0, 0.05) is 31.0 Å². The van der Waals surface area contributed by atoms with Gasteiger partial charge in [-0.1, -0.05) is 18.2 Å². The lowest BCUT2D eigenvalue weighted by atomic mass is 9.90. The van der Waals surface area contributed by atoms with Crippen LogP contribution in [0, 0.1) is 5.92 Å². The Morgan fingerprint density at radius 1 is 1.26 bits per heavy atom. The van der Waals surface area contributed by atoms with Crippen molar-refractivity contribution in [3.8, 4) is 0 Å². The molecule has 0 atom stereocenters. The van der Waals surface area contributed by atoms with Crippen LogP contribution in [0.3, 0.4) is 0 Å². The fourth-order valence-corrected chi connectivity index (χ4v) is 4.56. The number of fused-ring (bicyclic) bond motifs is 3. The number of carbonyl (C=O) groups excluding carboxylic acids is 1. The zero-order chi connectivity index (χ0) is 21.6. The number of para-hydroxylation sites is 1. The first-order chi connectivity index (χ1) is 15.0. The summed E-state index contributed by atoms with van der Waals surface area (Å²) in [5, 5.41) is 12.4. The first-order valence-corrected chi connectivity index (χ1v) is 11.1. The van der Waals surface area contributed by atoms with E-state index in [9.17, 15) is 9.90 Å². The van der Waals surface area contributed by atoms with Crippen molar-refractivity contribution in [2.45, 2.75) is 51.4 Å². The lowest BCUT2D eigenvalue weighted by molar-refractivity contribution is -0.137. The fraction of sp³-hybridized carbons (Fsp3) is 0.522. The highest BCUT2D eigenvalue weighted by Gasteiger charge is 2.39. The van der Waals surface area contributed by atoms with Crippen LogP contribution in [-0.2, 0) is 22.7 Å². The van der Waals surface area contributed by atoms with E-state index >= 15 is 0 Å². The number of benzene rings is 1. The van der Waals surface area contributed by atoms with E-state index in [2.05, 4.69) is 4.98 Å². The van der Waals surface area contributed by atoms with Crippen LogP contribution in [0.2, 0.25) is 0 Å². The van der Waals surface area contributed by atoms with Gasteiger partial charge < -0.3 is 25.0 Å². The lowest BCUT2D eigenvalue weighted by Crippen LogP contribution is -2.49. The Morgan fingerprint density at radius 3 is 2.71 bits per heavy atom. The number of piperidine rings is 1. The van der Waals surface area contributed by atoms with Gasteiger partial charge in [-0.3, -0.25) is 4.79 Å². The number of aliphatic hydroxyl groups is 1. The summed E-state index contributed by atoms with van der Waals surface area (Å²) in [5.41, 5.74) is 7.64. The van der Waals surface area contributed by atoms with Crippen LogP contribution in [0.5, 0.6) is 0 Å². The predicted molar refractivity (Wildman–Crippen MR) is 118 cm³/mol. The summed E-state index contributed by atoms with van der Waals surface area (Å²) >= 11 is 0. The molecule has 5 rings (SSSR count). The number of carbonyl (C=O) groups is 1. The number of nitrogens with two attached hydrogens (primary N) is 1. The number of nitrogens with zero attached hydrogens (tertiary/aromatic N) is 4. The van der Waals surface area contributed by atoms with Gasteiger partial charge in [-0.2, -0.15) is 0 Å². The highest BCUT2D eigenvalue weighted by molar-refractivity contribution is 6.06. The van der Waals surface area contributed by atoms with E-state index in [1.165, 1.54) is 0 Å². The van der Waals surface area contributed by atoms with Gasteiger partial charge in [-0.15, -0.1) is 0 Å². The molecule has 0 spiro atoms. The van der Waals surface area contributed by atoms with Crippen molar-refractivity contribution in [1.29, 1.82) is 0 Å². The van der Waals surface area contributed by atoms with Crippen molar-refractivity contribution in [2.75, 3.05) is 25.4 Å². The van der Waals surface area contributed by atoms with Crippen LogP contribution < -0.4 is 5.73 Å². The van der Waals surface area contributed by atoms with Gasteiger partial charge in [-0.05, 0) is 38.7 Å². The second-order valence-corrected chi connectivity index (χ2v) is 8.79. The third-order valence-corrected chi connectivity index (χ3v) is 6.51. The number of imidazole rings is 1. The molecule has 1 aromatic carbocycles. The van der Waals surface area contributed by atoms with Crippen LogP contribution in [-0.4, -0.2) is 55.7 Å². The van der Waals surface area contributed by atoms with Crippen LogP contribution in [0.15, 0.2) is 24.3 Å². The second-order valence-electron chi connectivity index (χ2n) is 8.79. The maximum Gasteiger partial charge on any atom is 0.225 e. The van der Waals surface area contributed by atoms with E-state index in [0.717, 1.165) is 35.1 Å². The molecular formula is C23H29N5O3. The zero-order valence-corrected chi connectivity index (χ0v) is 17.9. The maximum absolute atomic E-state index is 12.4. The number of pyridine rings is 1. The first kappa shape index (κ1) is 20.2. The third-order valence-electron chi connectivity index (χ3n) is 6.51. The summed E-state index contributed by atoms with van der Waals surface area (Å²) in [6.07, 6.45) is 3.09. The molecule has 8 nitrogen and oxygen atoms in total. The molecule has 2 aromatic heterocycles. The number of aromatic nitrogens is 3. The lowest BCUT2D eigenvalue weighted by Gasteiger charge is -2.39. The van der Waals surface area contributed by atoms with Crippen molar-refractivity contribution in [3.63, 3.8) is 0 Å². The Balaban J connectivity index is 1.51. The minimum atomic E-state index is -0.923. The normalized spacial score (nSPS) is 18.7. The molecule has 3 N–H and O–H groups in total. The van der Waals surface area contributed by atoms with Gasteiger partial charge >= 0.3 is 0 Å². The molecule has 0 radical (unpaired) electrons. The Labute approximate surface area is 181 Å². The van der Waals surface area contributed by atoms with E-state index in [4.69, 9.17) is 15.5 Å². The van der Waals surface area contributed by atoms with Crippen LogP contribution >= 0.6 is 0 Å². The number of anilines is 1. The molecule has 1 aliphatic heterocycles. The number of amides is 1. The SMILES string of the molecule is CCOCc1nc2c(N)nc3ccccc3c2n1CC1(O)CCN(C(=O)C2CC2)CC1. The van der Waals surface area contributed by atoms with Crippen molar-refractivity contribution in [2.24, 2.45) is 5.92 Å². The summed E-state index contributed by atoms with van der Waals surface area (Å²) in [7, 11) is 0. The smallest absolute Gasteiger partial charge is 0.225 e. The summed E-state index contributed by atoms with van der Waals surface area (Å²) in [4.78, 5) is 23.6. The summed E-state index contributed by atoms with van der Waals surface area (Å²) in [5.74, 6) is 1.56. The average molecular weight is 424 g/mol. The highest BCUT2D eigenvalue weighted by atomic mass is 16.5. The number of ether oxygens (including phenoxy) is 1. The number of hydrogen-bond donors (Lipinski definition) is 2. The van der Waals surface area contributed by atoms with Gasteiger partial charge in [0.2, 0.25) is 5.91 Å². The van der Waals surface area contributed by atoms with Gasteiger partial charge in [0.1, 0.15) is 17.9 Å². The second kappa shape index (κ2) is 7.76. The number of hydrogen-bond acceptors (Lipinski definition) is 6. The van der Waals surface area contributed by atoms with E-state index in [1.54, 1.807) is 0 Å². The molecule has 1 saturated carbocycles. The molecule has 0 unspecified atom stereocenters. The molecule has 3 heterocycles. The van der Waals surface area contributed by atoms with Crippen LogP contribution in [0.4, 0.5) is 5.82 Å². The Bertz CT molecular complexity index is 1130. The monoisotopic (exact) mass is 423 g/mol. The van der Waals surface area contributed by atoms with E-state index < -0.39 is 5.60 Å². The average Bonchev–Trinajstić information content (AvgIpc) is 3.55. The van der Waals surface area contributed by atoms with E-state index in [0.29, 0.717) is 57.0 Å². The van der Waals surface area contributed by atoms with Crippen LogP contribution in [0.1, 0.15) is 38.4 Å². The molecule has 2 fully saturated rings. The maximum atomic E-state index is 12.4. The molecule has 31 heavy (non-hydrogen) atoms. The molecule has 1 amide bonds. The van der Waals surface area contributed by atoms with Gasteiger partial charge in [0.25, 0.3) is 0 Å². The standard InChI is InChI=1S/C23H29N5O3/c1-2-31-13-18-26-19-20(16-5-3-4-6-17(16)25-21(19)24)28(18)14-23(30)9-11-27(12-10-23)22(29)15-7-8-15/h3-6,15,30H,2,7-14H2,1H3,(H2,24,25). The molecular weight excluding hydrogens is 394 g/mol. The minimum absolute atomic E-state index is 0.212. The van der Waals surface area contributed by atoms with Gasteiger partial charge in [0.15, 0.2) is 5.82 Å². The molecule has 8 heteroatoms. The number of likely N-dealkylation sites (tertiary alicyclic amines) is 1. The third kappa shape index (κ3) is 3.74. The fourth-order valence-electron chi connectivity index (χ4n) is 4.56. The Kier molecular flexibility index (Phi) is 5.06. The summed E-state index contributed by atoms with van der Waals surface area (Å²) in [6.45, 7) is 4.40. The van der Waals surface area contributed by atoms with Crippen LogP contribution in [0.25, 0.3) is 21.9 Å². The topological polar surface area (TPSA) is 106 Å². The number of rotatable bonds is 6. The van der Waals surface area contributed by atoms with Crippen molar-refractivity contribution < 1.29 is 14.6 Å². The minimum Gasteiger partial charge on any atom is -0.388 e. The largest absolute Gasteiger partial charge is 0.388 e. The summed E-state index contributed by atoms with van der Waals surface area (Å²) < 4.78 is 7.71. The molecule has 0 bridgehead atoms. The molecule has 1 aliphatic carbocycles. The van der Waals surface area contributed by atoms with Crippen molar-refractivity contribution in [1.82, 2.24) is 19.4 Å². The Hall–Kier alpha value is -2.71. The zero-order valence-electron chi connectivity index (χ0n) is 17.9. The molecule has 1 saturated heterocycles. The van der Waals surface area contributed by atoms with Gasteiger partial charge in [0.05, 0.1) is 23.2 Å². The van der Waals surface area contributed by atoms with Gasteiger partial charge in [-0.25, -0.2) is 9.97 Å². The summed E-state index contributed by atoms with van der Waals surface area (Å²) in [6, 6.07) is 7.84. The number of nitrogen functional groups attached to an aromatic ring is 1. The molecule has 164 valence electrons. The van der Waals surface area contributed by atoms with E-state index in [-0.39, 0.29) is 11.8 Å². The quantitative estimate of drug-likeness (QED) is 0.631. The highest BCUT2D eigenvalue weighted by Crippen LogP contribution is 2.35. The first-order valence-electron chi connectivity index (χ1n) is 11.1. The Morgan fingerprint density at radius 2 is 2.00 bits per heavy atom. The van der Waals surface area contributed by atoms with E-state index in [1.807, 2.05) is 40.7 Å². The predicted octanol–water partition coefficient (Wildman–Crippen LogP) is 2.47. The molecule has 3 aromatic rings. The van der Waals surface area contributed by atoms with Crippen molar-refractivity contribution in [3.05, 3.63) is 30.1 Å².